The summed E-state index contributed by atoms with van der Waals surface area (Å²) in [7, 11) is 0. The number of carbonyl (C=O) groups excluding carboxylic acids is 1. The molecule has 0 aliphatic carbocycles. The Morgan fingerprint density at radius 1 is 1.11 bits per heavy atom. The molecular formula is C24H33FN4O8. The molecule has 0 radical (unpaired) electrons. The zero-order valence-electron chi connectivity index (χ0n) is 21.3. The van der Waals surface area contributed by atoms with Gasteiger partial charge in [-0.15, -0.1) is 0 Å². The van der Waals surface area contributed by atoms with Crippen LogP contribution in [-0.4, -0.2) is 88.6 Å². The first kappa shape index (κ1) is 29.5. The van der Waals surface area contributed by atoms with Gasteiger partial charge in [-0.25, -0.2) is 18.8 Å². The number of aliphatic carboxylic acids is 2. The van der Waals surface area contributed by atoms with E-state index in [9.17, 15) is 9.18 Å². The average molecular weight is 525 g/mol. The molecule has 13 heteroatoms. The van der Waals surface area contributed by atoms with E-state index < -0.39 is 23.7 Å². The zero-order chi connectivity index (χ0) is 27.5. The molecule has 2 N–H and O–H groups in total. The Labute approximate surface area is 213 Å². The van der Waals surface area contributed by atoms with Crippen molar-refractivity contribution in [2.45, 2.75) is 46.1 Å². The third kappa shape index (κ3) is 9.01. The summed E-state index contributed by atoms with van der Waals surface area (Å²) in [5.41, 5.74) is 0.180. The first-order valence-corrected chi connectivity index (χ1v) is 11.9. The van der Waals surface area contributed by atoms with Crippen molar-refractivity contribution in [2.75, 3.05) is 44.3 Å². The van der Waals surface area contributed by atoms with E-state index in [2.05, 4.69) is 26.9 Å². The van der Waals surface area contributed by atoms with E-state index in [0.717, 1.165) is 44.5 Å². The Morgan fingerprint density at radius 3 is 2.27 bits per heavy atom. The number of ether oxygens (including phenoxy) is 2. The molecule has 1 saturated heterocycles. The molecule has 0 amide bonds. The number of hydrogen-bond donors (Lipinski definition) is 2. The number of carbonyl (C=O) groups is 3. The maximum Gasteiger partial charge on any atom is 0.414 e. The van der Waals surface area contributed by atoms with Crippen LogP contribution in [-0.2, 0) is 14.3 Å². The van der Waals surface area contributed by atoms with Gasteiger partial charge < -0.3 is 29.1 Å². The number of halogens is 1. The van der Waals surface area contributed by atoms with Gasteiger partial charge >= 0.3 is 23.9 Å². The van der Waals surface area contributed by atoms with E-state index >= 15 is 0 Å². The molecule has 1 fully saturated rings. The molecule has 1 atom stereocenters. The van der Waals surface area contributed by atoms with Gasteiger partial charge in [0.2, 0.25) is 0 Å². The first-order chi connectivity index (χ1) is 17.5. The molecule has 2 aromatic rings. The van der Waals surface area contributed by atoms with Crippen molar-refractivity contribution in [1.29, 1.82) is 0 Å². The zero-order valence-corrected chi connectivity index (χ0v) is 21.3. The number of rotatable bonds is 9. The number of piperazine rings is 1. The summed E-state index contributed by atoms with van der Waals surface area (Å²) >= 11 is 0. The van der Waals surface area contributed by atoms with Crippen LogP contribution < -0.4 is 9.64 Å². The third-order valence-corrected chi connectivity index (χ3v) is 5.57. The lowest BCUT2D eigenvalue weighted by Crippen LogP contribution is -2.50. The smallest absolute Gasteiger partial charge is 0.414 e. The van der Waals surface area contributed by atoms with Crippen molar-refractivity contribution < 1.29 is 43.0 Å². The highest BCUT2D eigenvalue weighted by Crippen LogP contribution is 2.21. The van der Waals surface area contributed by atoms with Gasteiger partial charge in [-0.3, -0.25) is 4.90 Å². The predicted molar refractivity (Wildman–Crippen MR) is 129 cm³/mol. The van der Waals surface area contributed by atoms with Gasteiger partial charge in [0.05, 0.1) is 18.8 Å². The molecule has 0 bridgehead atoms. The highest BCUT2D eigenvalue weighted by Gasteiger charge is 2.24. The summed E-state index contributed by atoms with van der Waals surface area (Å²) in [5.74, 6) is -3.64. The minimum absolute atomic E-state index is 0.141. The summed E-state index contributed by atoms with van der Waals surface area (Å²) in [6.45, 7) is 11.9. The Balaban J connectivity index is 0.000000717. The van der Waals surface area contributed by atoms with Gasteiger partial charge in [0.1, 0.15) is 0 Å². The molecule has 1 aromatic heterocycles. The number of anilines is 1. The fourth-order valence-corrected chi connectivity index (χ4v) is 3.42. The van der Waals surface area contributed by atoms with Gasteiger partial charge in [-0.05, 0) is 38.5 Å². The van der Waals surface area contributed by atoms with Crippen molar-refractivity contribution in [1.82, 2.24) is 15.0 Å². The van der Waals surface area contributed by atoms with Crippen molar-refractivity contribution in [2.24, 2.45) is 0 Å². The van der Waals surface area contributed by atoms with Crippen LogP contribution in [0.2, 0.25) is 0 Å². The molecule has 1 aliphatic heterocycles. The largest absolute Gasteiger partial charge is 0.490 e. The maximum atomic E-state index is 14.2. The second-order valence-corrected chi connectivity index (χ2v) is 8.58. The minimum atomic E-state index is -1.82. The van der Waals surface area contributed by atoms with E-state index in [1.807, 2.05) is 13.8 Å². The number of carboxylic acid groups (broad SMARTS) is 2. The van der Waals surface area contributed by atoms with Crippen molar-refractivity contribution in [3.63, 3.8) is 0 Å². The molecule has 1 aromatic carbocycles. The molecular weight excluding hydrogens is 491 g/mol. The summed E-state index contributed by atoms with van der Waals surface area (Å²) in [5, 5.41) is 18.8. The summed E-state index contributed by atoms with van der Waals surface area (Å²) in [6, 6.07) is 5.01. The second-order valence-electron chi connectivity index (χ2n) is 8.58. The topological polar surface area (TPSA) is 156 Å². The summed E-state index contributed by atoms with van der Waals surface area (Å²) in [6.07, 6.45) is 0.761. The van der Waals surface area contributed by atoms with Crippen LogP contribution in [0.25, 0.3) is 0 Å². The SMILES string of the molecule is CCOC(=O)c1ccc(OCCC(C)N2CCN(c3nc(C(C)C)no3)CC2)c(F)c1.O=C(O)C(=O)O. The van der Waals surface area contributed by atoms with Gasteiger partial charge in [0.15, 0.2) is 17.4 Å². The van der Waals surface area contributed by atoms with Crippen molar-refractivity contribution in [3.8, 4) is 5.75 Å². The van der Waals surface area contributed by atoms with Crippen LogP contribution in [0.4, 0.5) is 10.4 Å². The Morgan fingerprint density at radius 2 is 1.76 bits per heavy atom. The van der Waals surface area contributed by atoms with Crippen molar-refractivity contribution in [3.05, 3.63) is 35.4 Å². The first-order valence-electron chi connectivity index (χ1n) is 11.9. The van der Waals surface area contributed by atoms with Crippen LogP contribution in [0.15, 0.2) is 22.7 Å². The molecule has 0 spiro atoms. The van der Waals surface area contributed by atoms with E-state index in [4.69, 9.17) is 33.8 Å². The number of benzene rings is 1. The van der Waals surface area contributed by atoms with E-state index in [-0.39, 0.29) is 29.9 Å². The molecule has 1 unspecified atom stereocenters. The fraction of sp³-hybridized carbons (Fsp3) is 0.542. The monoisotopic (exact) mass is 524 g/mol. The Hall–Kier alpha value is -3.74. The normalized spacial score (nSPS) is 14.5. The van der Waals surface area contributed by atoms with E-state index in [0.29, 0.717) is 12.6 Å². The number of esters is 1. The van der Waals surface area contributed by atoms with E-state index in [1.54, 1.807) is 6.92 Å². The van der Waals surface area contributed by atoms with Gasteiger partial charge in [0, 0.05) is 38.1 Å². The number of nitrogens with zero attached hydrogens (tertiary/aromatic N) is 4. The third-order valence-electron chi connectivity index (χ3n) is 5.57. The van der Waals surface area contributed by atoms with Crippen LogP contribution in [0, 0.1) is 5.82 Å². The molecule has 12 nitrogen and oxygen atoms in total. The fourth-order valence-electron chi connectivity index (χ4n) is 3.42. The van der Waals surface area contributed by atoms with Crippen molar-refractivity contribution >= 4 is 23.9 Å². The quantitative estimate of drug-likeness (QED) is 0.366. The Kier molecular flexibility index (Phi) is 11.2. The number of aromatic nitrogens is 2. The van der Waals surface area contributed by atoms with Gasteiger partial charge in [-0.2, -0.15) is 4.98 Å². The van der Waals surface area contributed by atoms with Crippen LogP contribution >= 0.6 is 0 Å². The molecule has 37 heavy (non-hydrogen) atoms. The van der Waals surface area contributed by atoms with Gasteiger partial charge in [-0.1, -0.05) is 19.0 Å². The molecule has 2 heterocycles. The Bertz CT molecular complexity index is 1040. The predicted octanol–water partition coefficient (Wildman–Crippen LogP) is 2.64. The lowest BCUT2D eigenvalue weighted by Gasteiger charge is -2.37. The molecule has 0 saturated carbocycles. The number of hydrogen-bond acceptors (Lipinski definition) is 10. The average Bonchev–Trinajstić information content (AvgIpc) is 3.36. The lowest BCUT2D eigenvalue weighted by molar-refractivity contribution is -0.159. The summed E-state index contributed by atoms with van der Waals surface area (Å²) in [4.78, 5) is 38.8. The maximum absolute atomic E-state index is 14.2. The van der Waals surface area contributed by atoms with Crippen LogP contribution in [0.1, 0.15) is 56.2 Å². The lowest BCUT2D eigenvalue weighted by atomic mass is 10.2. The van der Waals surface area contributed by atoms with E-state index in [1.165, 1.54) is 12.1 Å². The molecule has 204 valence electrons. The van der Waals surface area contributed by atoms with Gasteiger partial charge in [0.25, 0.3) is 0 Å². The second kappa shape index (κ2) is 14.1. The minimum Gasteiger partial charge on any atom is -0.490 e. The standard InChI is InChI=1S/C22H31FN4O4.C2H2O4/c1-5-29-21(28)17-6-7-19(18(23)14-17)30-13-8-16(4)26-9-11-27(12-10-26)22-24-20(15(2)3)25-31-22;3-1(4)2(5)6/h6-7,14-16H,5,8-13H2,1-4H3;(H,3,4)(H,5,6). The van der Waals surface area contributed by atoms with Crippen LogP contribution in [0.5, 0.6) is 5.75 Å². The molecule has 3 rings (SSSR count). The molecule has 1 aliphatic rings. The highest BCUT2D eigenvalue weighted by atomic mass is 19.1. The highest BCUT2D eigenvalue weighted by molar-refractivity contribution is 6.27. The summed E-state index contributed by atoms with van der Waals surface area (Å²) < 4.78 is 30.1. The number of carboxylic acids is 2. The van der Waals surface area contributed by atoms with Crippen LogP contribution in [0.3, 0.4) is 0 Å².